The number of hydrogen-bond donors (Lipinski definition) is 2. The van der Waals surface area contributed by atoms with Crippen LogP contribution in [-0.2, 0) is 6.42 Å². The molecule has 1 atom stereocenters. The number of halogens is 1. The summed E-state index contributed by atoms with van der Waals surface area (Å²) in [6, 6.07) is 6.04. The number of aromatic nitrogens is 1. The first-order valence-electron chi connectivity index (χ1n) is 10.3. The third-order valence-corrected chi connectivity index (χ3v) is 5.54. The van der Waals surface area contributed by atoms with Crippen LogP contribution in [0.1, 0.15) is 32.4 Å². The molecule has 1 unspecified atom stereocenters. The summed E-state index contributed by atoms with van der Waals surface area (Å²) >= 11 is 1.73. The molecular weight excluding hydrogens is 389 g/mol. The van der Waals surface area contributed by atoms with Crippen LogP contribution in [0.2, 0.25) is 0 Å². The third kappa shape index (κ3) is 6.88. The molecule has 1 fully saturated rings. The Kier molecular flexibility index (Phi) is 8.10. The molecule has 1 saturated heterocycles. The highest BCUT2D eigenvalue weighted by Gasteiger charge is 2.15. The molecule has 3 rings (SSSR count). The van der Waals surface area contributed by atoms with Gasteiger partial charge >= 0.3 is 0 Å². The average Bonchev–Trinajstić information content (AvgIpc) is 3.39. The zero-order chi connectivity index (χ0) is 20.5. The van der Waals surface area contributed by atoms with E-state index in [2.05, 4.69) is 25.9 Å². The lowest BCUT2D eigenvalue weighted by Crippen LogP contribution is -2.39. The summed E-state index contributed by atoms with van der Waals surface area (Å²) in [6.45, 7) is 8.30. The van der Waals surface area contributed by atoms with Gasteiger partial charge in [-0.2, -0.15) is 0 Å². The van der Waals surface area contributed by atoms with Crippen molar-refractivity contribution in [2.75, 3.05) is 37.6 Å². The summed E-state index contributed by atoms with van der Waals surface area (Å²) in [5.41, 5.74) is 1.12. The van der Waals surface area contributed by atoms with Crippen LogP contribution in [0, 0.1) is 5.82 Å². The van der Waals surface area contributed by atoms with E-state index in [4.69, 9.17) is 9.72 Å². The highest BCUT2D eigenvalue weighted by Crippen LogP contribution is 2.24. The molecule has 1 aromatic carbocycles. The zero-order valence-corrected chi connectivity index (χ0v) is 18.0. The van der Waals surface area contributed by atoms with Gasteiger partial charge in [0, 0.05) is 38.0 Å². The van der Waals surface area contributed by atoms with E-state index in [1.807, 2.05) is 13.8 Å². The largest absolute Gasteiger partial charge is 0.489 e. The van der Waals surface area contributed by atoms with Crippen molar-refractivity contribution in [1.29, 1.82) is 0 Å². The molecule has 2 aromatic rings. The van der Waals surface area contributed by atoms with Crippen molar-refractivity contribution in [2.45, 2.75) is 39.2 Å². The van der Waals surface area contributed by atoms with Gasteiger partial charge in [-0.25, -0.2) is 14.4 Å². The van der Waals surface area contributed by atoms with Crippen molar-refractivity contribution in [1.82, 2.24) is 15.6 Å². The Balaban J connectivity index is 1.44. The molecule has 1 aliphatic rings. The summed E-state index contributed by atoms with van der Waals surface area (Å²) < 4.78 is 18.8. The molecule has 29 heavy (non-hydrogen) atoms. The van der Waals surface area contributed by atoms with Crippen LogP contribution in [0.4, 0.5) is 9.52 Å². The van der Waals surface area contributed by atoms with Crippen LogP contribution in [-0.4, -0.2) is 49.8 Å². The highest BCUT2D eigenvalue weighted by molar-refractivity contribution is 7.13. The number of nitrogens with zero attached hydrogens (tertiary/aromatic N) is 3. The molecule has 1 aromatic heterocycles. The Hall–Kier alpha value is -2.35. The van der Waals surface area contributed by atoms with Crippen molar-refractivity contribution >= 4 is 22.4 Å². The number of hydrogen-bond acceptors (Lipinski definition) is 5. The second-order valence-electron chi connectivity index (χ2n) is 7.09. The predicted molar refractivity (Wildman–Crippen MR) is 118 cm³/mol. The minimum Gasteiger partial charge on any atom is -0.489 e. The van der Waals surface area contributed by atoms with E-state index >= 15 is 0 Å². The average molecular weight is 420 g/mol. The predicted octanol–water partition coefficient (Wildman–Crippen LogP) is 3.45. The molecule has 2 heterocycles. The van der Waals surface area contributed by atoms with Gasteiger partial charge < -0.3 is 20.3 Å². The topological polar surface area (TPSA) is 61.8 Å². The van der Waals surface area contributed by atoms with Crippen LogP contribution in [0.25, 0.3) is 0 Å². The van der Waals surface area contributed by atoms with Crippen molar-refractivity contribution in [2.24, 2.45) is 4.99 Å². The Morgan fingerprint density at radius 2 is 2.03 bits per heavy atom. The van der Waals surface area contributed by atoms with E-state index in [1.165, 1.54) is 25.0 Å². The number of ether oxygens (including phenoxy) is 1. The summed E-state index contributed by atoms with van der Waals surface area (Å²) in [4.78, 5) is 11.7. The number of guanidine groups is 1. The molecule has 0 bridgehead atoms. The Labute approximate surface area is 176 Å². The van der Waals surface area contributed by atoms with Crippen molar-refractivity contribution < 1.29 is 9.13 Å². The van der Waals surface area contributed by atoms with Gasteiger partial charge in [0.25, 0.3) is 0 Å². The molecule has 0 aliphatic carbocycles. The maximum Gasteiger partial charge on any atom is 0.191 e. The van der Waals surface area contributed by atoms with Gasteiger partial charge in [-0.3, -0.25) is 0 Å². The van der Waals surface area contributed by atoms with Crippen molar-refractivity contribution in [3.8, 4) is 5.75 Å². The standard InChI is InChI=1S/C21H30FN5OS/c1-3-23-20(25-14-16(2)28-19-8-6-17(22)7-9-19)24-11-10-18-15-29-21(26-18)27-12-4-5-13-27/h6-9,15-16H,3-5,10-14H2,1-2H3,(H2,23,24,25). The molecule has 8 heteroatoms. The van der Waals surface area contributed by atoms with Crippen LogP contribution in [0.3, 0.4) is 0 Å². The number of nitrogens with one attached hydrogen (secondary N) is 2. The highest BCUT2D eigenvalue weighted by atomic mass is 32.1. The third-order valence-electron chi connectivity index (χ3n) is 4.59. The van der Waals surface area contributed by atoms with Crippen LogP contribution < -0.4 is 20.3 Å². The van der Waals surface area contributed by atoms with Crippen molar-refractivity contribution in [3.63, 3.8) is 0 Å². The van der Waals surface area contributed by atoms with E-state index in [1.54, 1.807) is 23.5 Å². The SMILES string of the molecule is CCNC(=NCC(C)Oc1ccc(F)cc1)NCCc1csc(N2CCCC2)n1. The fourth-order valence-electron chi connectivity index (χ4n) is 3.12. The number of anilines is 1. The van der Waals surface area contributed by atoms with Crippen molar-refractivity contribution in [3.05, 3.63) is 41.2 Å². The quantitative estimate of drug-likeness (QED) is 0.482. The van der Waals surface area contributed by atoms with Gasteiger partial charge in [0.2, 0.25) is 0 Å². The lowest BCUT2D eigenvalue weighted by Gasteiger charge is -2.15. The molecule has 6 nitrogen and oxygen atoms in total. The fourth-order valence-corrected chi connectivity index (χ4v) is 4.03. The monoisotopic (exact) mass is 419 g/mol. The van der Waals surface area contributed by atoms with Crippen LogP contribution >= 0.6 is 11.3 Å². The second kappa shape index (κ2) is 11.0. The molecule has 0 radical (unpaired) electrons. The van der Waals surface area contributed by atoms with Crippen LogP contribution in [0.15, 0.2) is 34.6 Å². The zero-order valence-electron chi connectivity index (χ0n) is 17.2. The lowest BCUT2D eigenvalue weighted by atomic mass is 10.3. The van der Waals surface area contributed by atoms with E-state index in [9.17, 15) is 4.39 Å². The lowest BCUT2D eigenvalue weighted by molar-refractivity contribution is 0.230. The Morgan fingerprint density at radius 3 is 2.76 bits per heavy atom. The smallest absolute Gasteiger partial charge is 0.191 e. The molecular formula is C21H30FN5OS. The van der Waals surface area contributed by atoms with E-state index in [0.717, 1.165) is 49.4 Å². The first-order chi connectivity index (χ1) is 14.1. The number of rotatable bonds is 9. The second-order valence-corrected chi connectivity index (χ2v) is 7.93. The molecule has 0 saturated carbocycles. The van der Waals surface area contributed by atoms with Crippen LogP contribution in [0.5, 0.6) is 5.75 Å². The van der Waals surface area contributed by atoms with Gasteiger partial charge in [0.1, 0.15) is 17.7 Å². The Bertz CT molecular complexity index is 774. The van der Waals surface area contributed by atoms with Gasteiger partial charge in [-0.05, 0) is 51.0 Å². The first kappa shape index (κ1) is 21.4. The van der Waals surface area contributed by atoms with E-state index in [-0.39, 0.29) is 11.9 Å². The fraction of sp³-hybridized carbons (Fsp3) is 0.524. The summed E-state index contributed by atoms with van der Waals surface area (Å²) in [6.07, 6.45) is 3.28. The van der Waals surface area contributed by atoms with E-state index < -0.39 is 0 Å². The van der Waals surface area contributed by atoms with Gasteiger partial charge in [-0.1, -0.05) is 0 Å². The van der Waals surface area contributed by atoms with Gasteiger partial charge in [-0.15, -0.1) is 11.3 Å². The normalized spacial score (nSPS) is 15.4. The minimum absolute atomic E-state index is 0.113. The first-order valence-corrected chi connectivity index (χ1v) is 11.2. The minimum atomic E-state index is -0.269. The maximum absolute atomic E-state index is 13.0. The Morgan fingerprint density at radius 1 is 1.28 bits per heavy atom. The van der Waals surface area contributed by atoms with Gasteiger partial charge in [0.15, 0.2) is 11.1 Å². The number of aliphatic imine (C=N–C) groups is 1. The summed E-state index contributed by atoms with van der Waals surface area (Å²) in [7, 11) is 0. The maximum atomic E-state index is 13.0. The molecule has 0 spiro atoms. The molecule has 1 aliphatic heterocycles. The molecule has 2 N–H and O–H groups in total. The summed E-state index contributed by atoms with van der Waals surface area (Å²) in [5.74, 6) is 1.13. The molecule has 158 valence electrons. The van der Waals surface area contributed by atoms with Gasteiger partial charge in [0.05, 0.1) is 12.2 Å². The number of thiazole rings is 1. The summed E-state index contributed by atoms with van der Waals surface area (Å²) in [5, 5.41) is 9.91. The van der Waals surface area contributed by atoms with E-state index in [0.29, 0.717) is 12.3 Å². The molecule has 0 amide bonds. The number of benzene rings is 1.